The Morgan fingerprint density at radius 2 is 1.75 bits per heavy atom. The maximum Gasteiger partial charge on any atom is 0.300 e. The van der Waals surface area contributed by atoms with Crippen LogP contribution < -0.4 is 0 Å². The molecule has 0 aromatic heterocycles. The molecule has 0 saturated carbocycles. The highest BCUT2D eigenvalue weighted by molar-refractivity contribution is 5.85. The van der Waals surface area contributed by atoms with Gasteiger partial charge in [0.15, 0.2) is 0 Å². The van der Waals surface area contributed by atoms with Gasteiger partial charge in [-0.2, -0.15) is 0 Å². The Balaban J connectivity index is -0.0000000575. The van der Waals surface area contributed by atoms with Crippen molar-refractivity contribution in [2.24, 2.45) is 0 Å². The molecule has 0 rings (SSSR count). The summed E-state index contributed by atoms with van der Waals surface area (Å²) < 4.78 is 0. The van der Waals surface area contributed by atoms with E-state index in [0.717, 1.165) is 13.2 Å². The van der Waals surface area contributed by atoms with Crippen LogP contribution in [0.2, 0.25) is 0 Å². The number of rotatable bonds is 0. The first kappa shape index (κ1) is 15.7. The van der Waals surface area contributed by atoms with Crippen LogP contribution in [0.4, 0.5) is 0 Å². The molecule has 0 aromatic rings. The van der Waals surface area contributed by atoms with Crippen molar-refractivity contribution in [2.75, 3.05) is 0 Å². The summed E-state index contributed by atoms with van der Waals surface area (Å²) in [5, 5.41) is 14.8. The van der Waals surface area contributed by atoms with Crippen LogP contribution in [-0.2, 0) is 4.79 Å². The van der Waals surface area contributed by atoms with Crippen molar-refractivity contribution >= 4 is 18.4 Å². The monoisotopic (exact) mass is 140 g/mol. The predicted octanol–water partition coefficient (Wildman–Crippen LogP) is 1.20. The van der Waals surface area contributed by atoms with Crippen LogP contribution in [0.15, 0.2) is 12.8 Å². The Morgan fingerprint density at radius 1 is 1.75 bits per heavy atom. The van der Waals surface area contributed by atoms with Gasteiger partial charge in [-0.3, -0.25) is 4.79 Å². The topological polar surface area (TPSA) is 57.5 Å². The van der Waals surface area contributed by atoms with Gasteiger partial charge in [-0.25, -0.2) is 0 Å². The van der Waals surface area contributed by atoms with Gasteiger partial charge in [0.1, 0.15) is 0 Å². The summed E-state index contributed by atoms with van der Waals surface area (Å²) in [6, 6.07) is 0. The van der Waals surface area contributed by atoms with E-state index < -0.39 is 5.97 Å². The van der Waals surface area contributed by atoms with Gasteiger partial charge in [0.25, 0.3) is 5.97 Å². The highest BCUT2D eigenvalue weighted by Gasteiger charge is 1.65. The van der Waals surface area contributed by atoms with Crippen LogP contribution >= 0.6 is 12.4 Å². The third-order valence-corrected chi connectivity index (χ3v) is 0. The van der Waals surface area contributed by atoms with Crippen molar-refractivity contribution in [1.29, 1.82) is 0 Å². The maximum absolute atomic E-state index is 9.00. The maximum atomic E-state index is 9.00. The lowest BCUT2D eigenvalue weighted by Gasteiger charge is -1.59. The second-order valence-corrected chi connectivity index (χ2v) is 0.702. The van der Waals surface area contributed by atoms with Crippen LogP contribution in [0.25, 0.3) is 0 Å². The molecule has 50 valence electrons. The Bertz CT molecular complexity index is 58.3. The van der Waals surface area contributed by atoms with Crippen molar-refractivity contribution in [3.05, 3.63) is 12.8 Å². The number of hydrogen-bond donors (Lipinski definition) is 2. The van der Waals surface area contributed by atoms with Crippen molar-refractivity contribution in [3.8, 4) is 0 Å². The molecule has 0 spiro atoms. The van der Waals surface area contributed by atoms with Crippen molar-refractivity contribution < 1.29 is 15.0 Å². The quantitative estimate of drug-likeness (QED) is 0.497. The molecule has 0 saturated heterocycles. The third kappa shape index (κ3) is 200. The lowest BCUT2D eigenvalue weighted by molar-refractivity contribution is -0.134. The van der Waals surface area contributed by atoms with Gasteiger partial charge in [-0.15, -0.1) is 12.4 Å². The summed E-state index contributed by atoms with van der Waals surface area (Å²) in [4.78, 5) is 9.00. The fourth-order valence-electron chi connectivity index (χ4n) is 0. The molecule has 2 N–H and O–H groups in total. The molecular formula is C4H9ClO3. The van der Waals surface area contributed by atoms with Crippen LogP contribution in [0.5, 0.6) is 0 Å². The highest BCUT2D eigenvalue weighted by Crippen LogP contribution is 1.42. The van der Waals surface area contributed by atoms with Crippen molar-refractivity contribution in [2.45, 2.75) is 6.92 Å². The zero-order valence-electron chi connectivity index (χ0n) is 4.50. The van der Waals surface area contributed by atoms with E-state index in [1.54, 1.807) is 0 Å². The second kappa shape index (κ2) is 16.3. The number of halogens is 1. The minimum Gasteiger partial charge on any atom is -0.516 e. The second-order valence-electron chi connectivity index (χ2n) is 0.702. The van der Waals surface area contributed by atoms with Gasteiger partial charge in [0, 0.05) is 6.92 Å². The largest absolute Gasteiger partial charge is 0.516 e. The van der Waals surface area contributed by atoms with Gasteiger partial charge < -0.3 is 10.2 Å². The summed E-state index contributed by atoms with van der Waals surface area (Å²) >= 11 is 0. The zero-order valence-corrected chi connectivity index (χ0v) is 5.31. The number of carbonyl (C=O) groups is 1. The molecule has 8 heavy (non-hydrogen) atoms. The molecule has 0 aliphatic carbocycles. The molecule has 0 aliphatic rings. The van der Waals surface area contributed by atoms with E-state index in [0.29, 0.717) is 0 Å². The van der Waals surface area contributed by atoms with Crippen LogP contribution in [0.1, 0.15) is 6.92 Å². The van der Waals surface area contributed by atoms with Gasteiger partial charge in [0.05, 0.1) is 6.26 Å². The molecular weight excluding hydrogens is 131 g/mol. The Kier molecular flexibility index (Phi) is 31.8. The number of carboxylic acids is 1. The SMILES string of the molecule is C=CO.CC(=O)O.Cl. The number of aliphatic hydroxyl groups is 1. The molecule has 0 aromatic carbocycles. The van der Waals surface area contributed by atoms with E-state index in [1.807, 2.05) is 0 Å². The summed E-state index contributed by atoms with van der Waals surface area (Å²) in [7, 11) is 0. The van der Waals surface area contributed by atoms with Gasteiger partial charge in [-0.05, 0) is 0 Å². The molecule has 0 bridgehead atoms. The summed E-state index contributed by atoms with van der Waals surface area (Å²) in [6.07, 6.45) is 0.750. The number of hydrogen-bond acceptors (Lipinski definition) is 2. The Morgan fingerprint density at radius 3 is 1.75 bits per heavy atom. The average molecular weight is 141 g/mol. The fraction of sp³-hybridized carbons (Fsp3) is 0.250. The molecule has 0 amide bonds. The third-order valence-electron chi connectivity index (χ3n) is 0. The van der Waals surface area contributed by atoms with Crippen LogP contribution in [0, 0.1) is 0 Å². The first-order valence-corrected chi connectivity index (χ1v) is 1.59. The molecule has 0 aliphatic heterocycles. The molecule has 0 fully saturated rings. The lowest BCUT2D eigenvalue weighted by atomic mass is 10.9. The number of carboxylic acid groups (broad SMARTS) is 1. The molecule has 4 heteroatoms. The Labute approximate surface area is 54.1 Å². The fourth-order valence-corrected chi connectivity index (χ4v) is 0. The number of aliphatic hydroxyl groups excluding tert-OH is 1. The van der Waals surface area contributed by atoms with Crippen molar-refractivity contribution in [1.82, 2.24) is 0 Å². The average Bonchev–Trinajstić information content (AvgIpc) is 1.33. The van der Waals surface area contributed by atoms with E-state index in [4.69, 9.17) is 15.0 Å². The molecule has 0 radical (unpaired) electrons. The summed E-state index contributed by atoms with van der Waals surface area (Å²) in [5.41, 5.74) is 0. The smallest absolute Gasteiger partial charge is 0.300 e. The normalized spacial score (nSPS) is 4.62. The number of aliphatic carboxylic acids is 1. The highest BCUT2D eigenvalue weighted by atomic mass is 35.5. The van der Waals surface area contributed by atoms with E-state index in [2.05, 4.69) is 6.58 Å². The van der Waals surface area contributed by atoms with Gasteiger partial charge >= 0.3 is 0 Å². The summed E-state index contributed by atoms with van der Waals surface area (Å²) in [5.74, 6) is -0.833. The van der Waals surface area contributed by atoms with E-state index in [-0.39, 0.29) is 12.4 Å². The Hall–Kier alpha value is -0.700. The van der Waals surface area contributed by atoms with Crippen LogP contribution in [0.3, 0.4) is 0 Å². The minimum atomic E-state index is -0.833. The standard InChI is InChI=1S/C2H4O2.C2H4O.ClH/c1-2(3)4;1-2-3;/h1H3,(H,3,4);2-3H,1H2;1H. The first-order valence-electron chi connectivity index (χ1n) is 1.59. The van der Waals surface area contributed by atoms with E-state index in [9.17, 15) is 0 Å². The lowest BCUT2D eigenvalue weighted by Crippen LogP contribution is -1.78. The predicted molar refractivity (Wildman–Crippen MR) is 33.4 cm³/mol. The van der Waals surface area contributed by atoms with E-state index >= 15 is 0 Å². The van der Waals surface area contributed by atoms with Crippen molar-refractivity contribution in [3.63, 3.8) is 0 Å². The van der Waals surface area contributed by atoms with E-state index in [1.165, 1.54) is 0 Å². The molecule has 0 atom stereocenters. The molecule has 0 unspecified atom stereocenters. The molecule has 3 nitrogen and oxygen atoms in total. The van der Waals surface area contributed by atoms with Gasteiger partial charge in [-0.1, -0.05) is 6.58 Å². The summed E-state index contributed by atoms with van der Waals surface area (Å²) in [6.45, 7) is 4.00. The minimum absolute atomic E-state index is 0. The van der Waals surface area contributed by atoms with Crippen LogP contribution in [-0.4, -0.2) is 16.2 Å². The molecule has 0 heterocycles. The first-order chi connectivity index (χ1) is 3.15. The van der Waals surface area contributed by atoms with Gasteiger partial charge in [0.2, 0.25) is 0 Å². The zero-order chi connectivity index (χ0) is 6.28.